The molecule has 0 spiro atoms. The summed E-state index contributed by atoms with van der Waals surface area (Å²) >= 11 is 12.0. The van der Waals surface area contributed by atoms with E-state index in [1.807, 2.05) is 24.3 Å². The van der Waals surface area contributed by atoms with Crippen molar-refractivity contribution >= 4 is 46.3 Å². The highest BCUT2D eigenvalue weighted by Crippen LogP contribution is 2.30. The van der Waals surface area contributed by atoms with Gasteiger partial charge in [-0.3, -0.25) is 4.79 Å². The van der Waals surface area contributed by atoms with Gasteiger partial charge in [-0.15, -0.1) is 0 Å². The minimum atomic E-state index is -0.328. The van der Waals surface area contributed by atoms with Crippen molar-refractivity contribution < 1.29 is 9.53 Å². The van der Waals surface area contributed by atoms with Crippen LogP contribution < -0.4 is 15.4 Å². The number of amides is 1. The summed E-state index contributed by atoms with van der Waals surface area (Å²) in [5, 5.41) is 6.54. The number of carbonyl (C=O) groups is 1. The normalized spacial score (nSPS) is 10.3. The van der Waals surface area contributed by atoms with E-state index in [-0.39, 0.29) is 5.91 Å². The number of anilines is 3. The highest BCUT2D eigenvalue weighted by molar-refractivity contribution is 6.44. The molecule has 0 saturated heterocycles. The molecule has 1 aromatic heterocycles. The summed E-state index contributed by atoms with van der Waals surface area (Å²) in [7, 11) is 1.60. The molecule has 3 rings (SSSR count). The Morgan fingerprint density at radius 3 is 2.50 bits per heavy atom. The fraction of sp³-hybridized carbons (Fsp3) is 0.0526. The van der Waals surface area contributed by atoms with Crippen LogP contribution in [0, 0.1) is 0 Å². The van der Waals surface area contributed by atoms with Crippen molar-refractivity contribution in [2.75, 3.05) is 17.7 Å². The van der Waals surface area contributed by atoms with Gasteiger partial charge in [0.2, 0.25) is 0 Å². The average molecular weight is 388 g/mol. The first-order valence-electron chi connectivity index (χ1n) is 7.70. The third kappa shape index (κ3) is 4.07. The van der Waals surface area contributed by atoms with Crippen molar-refractivity contribution in [1.29, 1.82) is 0 Å². The van der Waals surface area contributed by atoms with Crippen LogP contribution in [-0.2, 0) is 0 Å². The summed E-state index contributed by atoms with van der Waals surface area (Å²) in [6, 6.07) is 15.9. The summed E-state index contributed by atoms with van der Waals surface area (Å²) in [6.07, 6.45) is 1.48. The Kier molecular flexibility index (Phi) is 5.61. The van der Waals surface area contributed by atoms with Crippen molar-refractivity contribution in [2.24, 2.45) is 0 Å². The Hall–Kier alpha value is -2.76. The predicted molar refractivity (Wildman–Crippen MR) is 105 cm³/mol. The number of hydrogen-bond donors (Lipinski definition) is 2. The Morgan fingerprint density at radius 2 is 1.77 bits per heavy atom. The van der Waals surface area contributed by atoms with Gasteiger partial charge in [0.1, 0.15) is 11.6 Å². The molecule has 0 aliphatic rings. The molecule has 5 nitrogen and oxygen atoms in total. The SMILES string of the molecule is COc1ccccc1Nc1ccc(C(=O)Nc2cccc(Cl)c2Cl)cn1. The maximum absolute atomic E-state index is 12.4. The highest BCUT2D eigenvalue weighted by atomic mass is 35.5. The number of para-hydroxylation sites is 2. The van der Waals surface area contributed by atoms with E-state index in [0.29, 0.717) is 32.9 Å². The number of rotatable bonds is 5. The predicted octanol–water partition coefficient (Wildman–Crippen LogP) is 5.39. The molecule has 26 heavy (non-hydrogen) atoms. The molecule has 3 aromatic rings. The summed E-state index contributed by atoms with van der Waals surface area (Å²) in [5.74, 6) is 0.962. The lowest BCUT2D eigenvalue weighted by Gasteiger charge is -2.11. The van der Waals surface area contributed by atoms with E-state index in [4.69, 9.17) is 27.9 Å². The van der Waals surface area contributed by atoms with Crippen molar-refractivity contribution in [3.05, 3.63) is 76.4 Å². The van der Waals surface area contributed by atoms with E-state index >= 15 is 0 Å². The monoisotopic (exact) mass is 387 g/mol. The number of halogens is 2. The first-order chi connectivity index (χ1) is 12.6. The number of aromatic nitrogens is 1. The number of ether oxygens (including phenoxy) is 1. The minimum absolute atomic E-state index is 0.296. The van der Waals surface area contributed by atoms with Gasteiger partial charge in [0.05, 0.1) is 34.1 Å². The third-order valence-corrected chi connectivity index (χ3v) is 4.41. The lowest BCUT2D eigenvalue weighted by Crippen LogP contribution is -2.12. The summed E-state index contributed by atoms with van der Waals surface area (Å²) < 4.78 is 5.29. The first-order valence-corrected chi connectivity index (χ1v) is 8.45. The Labute approximate surface area is 160 Å². The molecule has 2 N–H and O–H groups in total. The summed E-state index contributed by atoms with van der Waals surface area (Å²) in [4.78, 5) is 16.6. The zero-order chi connectivity index (χ0) is 18.5. The van der Waals surface area contributed by atoms with Crippen LogP contribution in [0.25, 0.3) is 0 Å². The molecule has 0 unspecified atom stereocenters. The second kappa shape index (κ2) is 8.08. The van der Waals surface area contributed by atoms with Crippen LogP contribution in [0.1, 0.15) is 10.4 Å². The van der Waals surface area contributed by atoms with E-state index in [2.05, 4.69) is 15.6 Å². The smallest absolute Gasteiger partial charge is 0.257 e. The number of methoxy groups -OCH3 is 1. The Bertz CT molecular complexity index is 930. The van der Waals surface area contributed by atoms with Gasteiger partial charge in [0.25, 0.3) is 5.91 Å². The largest absolute Gasteiger partial charge is 0.495 e. The standard InChI is InChI=1S/C19H15Cl2N3O2/c1-26-16-8-3-2-6-14(16)23-17-10-9-12(11-22-17)19(25)24-15-7-4-5-13(20)18(15)21/h2-11H,1H3,(H,22,23)(H,24,25). The lowest BCUT2D eigenvalue weighted by molar-refractivity contribution is 0.102. The van der Waals surface area contributed by atoms with E-state index in [1.54, 1.807) is 37.4 Å². The van der Waals surface area contributed by atoms with Gasteiger partial charge in [0.15, 0.2) is 0 Å². The van der Waals surface area contributed by atoms with Crippen LogP contribution >= 0.6 is 23.2 Å². The molecular formula is C19H15Cl2N3O2. The van der Waals surface area contributed by atoms with E-state index in [1.165, 1.54) is 6.20 Å². The maximum Gasteiger partial charge on any atom is 0.257 e. The van der Waals surface area contributed by atoms with Gasteiger partial charge >= 0.3 is 0 Å². The molecule has 0 aliphatic carbocycles. The quantitative estimate of drug-likeness (QED) is 0.615. The van der Waals surface area contributed by atoms with Crippen molar-refractivity contribution in [2.45, 2.75) is 0 Å². The third-order valence-electron chi connectivity index (χ3n) is 3.60. The number of nitrogens with zero attached hydrogens (tertiary/aromatic N) is 1. The molecule has 7 heteroatoms. The second-order valence-corrected chi connectivity index (χ2v) is 6.10. The molecule has 0 saturated carbocycles. The molecule has 0 radical (unpaired) electrons. The molecular weight excluding hydrogens is 373 g/mol. The zero-order valence-electron chi connectivity index (χ0n) is 13.8. The van der Waals surface area contributed by atoms with E-state index < -0.39 is 0 Å². The topological polar surface area (TPSA) is 63.2 Å². The van der Waals surface area contributed by atoms with E-state index in [9.17, 15) is 4.79 Å². The second-order valence-electron chi connectivity index (χ2n) is 5.31. The van der Waals surface area contributed by atoms with Crippen LogP contribution in [0.5, 0.6) is 5.75 Å². The molecule has 132 valence electrons. The van der Waals surface area contributed by atoms with Crippen LogP contribution in [0.4, 0.5) is 17.2 Å². The van der Waals surface area contributed by atoms with Gasteiger partial charge < -0.3 is 15.4 Å². The fourth-order valence-corrected chi connectivity index (χ4v) is 2.63. The van der Waals surface area contributed by atoms with Crippen molar-refractivity contribution in [3.8, 4) is 5.75 Å². The van der Waals surface area contributed by atoms with Gasteiger partial charge in [-0.2, -0.15) is 0 Å². The first kappa shape index (κ1) is 18.0. The Balaban J connectivity index is 1.73. The number of benzene rings is 2. The lowest BCUT2D eigenvalue weighted by atomic mass is 10.2. The molecule has 1 amide bonds. The van der Waals surface area contributed by atoms with E-state index in [0.717, 1.165) is 5.69 Å². The Morgan fingerprint density at radius 1 is 1.00 bits per heavy atom. The van der Waals surface area contributed by atoms with Crippen LogP contribution in [0.15, 0.2) is 60.8 Å². The molecule has 0 bridgehead atoms. The van der Waals surface area contributed by atoms with Crippen LogP contribution in [-0.4, -0.2) is 18.0 Å². The molecule has 0 fully saturated rings. The maximum atomic E-state index is 12.4. The number of carbonyl (C=O) groups excluding carboxylic acids is 1. The molecule has 2 aromatic carbocycles. The van der Waals surface area contributed by atoms with Crippen molar-refractivity contribution in [3.63, 3.8) is 0 Å². The number of nitrogens with one attached hydrogen (secondary N) is 2. The highest BCUT2D eigenvalue weighted by Gasteiger charge is 2.11. The molecule has 0 atom stereocenters. The summed E-state index contributed by atoms with van der Waals surface area (Å²) in [5.41, 5.74) is 1.62. The van der Waals surface area contributed by atoms with Gasteiger partial charge in [-0.25, -0.2) is 4.98 Å². The number of hydrogen-bond acceptors (Lipinski definition) is 4. The van der Waals surface area contributed by atoms with Gasteiger partial charge in [0, 0.05) is 6.20 Å². The average Bonchev–Trinajstić information content (AvgIpc) is 2.66. The van der Waals surface area contributed by atoms with Crippen molar-refractivity contribution in [1.82, 2.24) is 4.98 Å². The number of pyridine rings is 1. The molecule has 1 heterocycles. The van der Waals surface area contributed by atoms with Gasteiger partial charge in [-0.1, -0.05) is 41.4 Å². The van der Waals surface area contributed by atoms with Crippen LogP contribution in [0.2, 0.25) is 10.0 Å². The summed E-state index contributed by atoms with van der Waals surface area (Å²) in [6.45, 7) is 0. The van der Waals surface area contributed by atoms with Gasteiger partial charge in [-0.05, 0) is 36.4 Å². The minimum Gasteiger partial charge on any atom is -0.495 e. The molecule has 0 aliphatic heterocycles. The zero-order valence-corrected chi connectivity index (χ0v) is 15.3. The van der Waals surface area contributed by atoms with Crippen LogP contribution in [0.3, 0.4) is 0 Å². The fourth-order valence-electron chi connectivity index (χ4n) is 2.28.